The normalized spacial score (nSPS) is 11.0. The highest BCUT2D eigenvalue weighted by molar-refractivity contribution is 14.0. The van der Waals surface area contributed by atoms with Crippen molar-refractivity contribution in [2.24, 2.45) is 4.99 Å². The molecule has 2 aromatic rings. The van der Waals surface area contributed by atoms with Gasteiger partial charge in [-0.15, -0.1) is 35.3 Å². The summed E-state index contributed by atoms with van der Waals surface area (Å²) < 4.78 is 10.9. The molecular weight excluding hydrogens is 487 g/mol. The van der Waals surface area contributed by atoms with Crippen molar-refractivity contribution in [2.45, 2.75) is 32.8 Å². The standard InChI is InChI=1S/C20H30N4O2S.HI/c1-4-18-14-24-19(27-18)10-12-23-20(21-2)22-11-5-13-26-15-16-6-8-17(25-3)9-7-16;/h6-9,14H,4-5,10-13,15H2,1-3H3,(H2,21,22,23);1H. The van der Waals surface area contributed by atoms with Gasteiger partial charge in [0.1, 0.15) is 5.75 Å². The van der Waals surface area contributed by atoms with Gasteiger partial charge in [-0.05, 0) is 30.5 Å². The molecule has 0 aliphatic rings. The number of ether oxygens (including phenoxy) is 2. The molecule has 1 aromatic carbocycles. The van der Waals surface area contributed by atoms with E-state index in [0.29, 0.717) is 13.2 Å². The summed E-state index contributed by atoms with van der Waals surface area (Å²) in [5, 5.41) is 7.81. The van der Waals surface area contributed by atoms with Gasteiger partial charge in [0, 0.05) is 44.2 Å². The molecule has 2 N–H and O–H groups in total. The quantitative estimate of drug-likeness (QED) is 0.206. The lowest BCUT2D eigenvalue weighted by molar-refractivity contribution is 0.119. The second-order valence-electron chi connectivity index (χ2n) is 6.00. The lowest BCUT2D eigenvalue weighted by atomic mass is 10.2. The van der Waals surface area contributed by atoms with Crippen LogP contribution in [-0.2, 0) is 24.2 Å². The second-order valence-corrected chi connectivity index (χ2v) is 7.20. The van der Waals surface area contributed by atoms with E-state index in [0.717, 1.165) is 49.6 Å². The number of nitrogens with one attached hydrogen (secondary N) is 2. The van der Waals surface area contributed by atoms with E-state index in [2.05, 4.69) is 27.5 Å². The SMILES string of the molecule is CCc1cnc(CCNC(=NC)NCCCOCc2ccc(OC)cc2)s1.I. The Morgan fingerprint density at radius 3 is 2.57 bits per heavy atom. The maximum atomic E-state index is 5.71. The number of aromatic nitrogens is 1. The number of aliphatic imine (C=N–C) groups is 1. The van der Waals surface area contributed by atoms with Crippen molar-refractivity contribution in [1.29, 1.82) is 0 Å². The molecule has 0 unspecified atom stereocenters. The zero-order valence-corrected chi connectivity index (χ0v) is 20.0. The zero-order chi connectivity index (χ0) is 19.3. The van der Waals surface area contributed by atoms with E-state index in [1.165, 1.54) is 9.88 Å². The van der Waals surface area contributed by atoms with E-state index in [1.807, 2.05) is 30.5 Å². The molecule has 0 aliphatic carbocycles. The predicted octanol–water partition coefficient (Wildman–Crippen LogP) is 3.65. The molecule has 0 spiro atoms. The van der Waals surface area contributed by atoms with Crippen molar-refractivity contribution >= 4 is 41.3 Å². The number of aryl methyl sites for hydroxylation is 1. The van der Waals surface area contributed by atoms with Gasteiger partial charge in [-0.2, -0.15) is 0 Å². The van der Waals surface area contributed by atoms with E-state index in [4.69, 9.17) is 9.47 Å². The molecule has 1 heterocycles. The number of halogens is 1. The Labute approximate surface area is 189 Å². The van der Waals surface area contributed by atoms with Crippen LogP contribution < -0.4 is 15.4 Å². The highest BCUT2D eigenvalue weighted by Crippen LogP contribution is 2.13. The molecule has 0 atom stereocenters. The lowest BCUT2D eigenvalue weighted by Gasteiger charge is -2.11. The van der Waals surface area contributed by atoms with Crippen LogP contribution in [0.5, 0.6) is 5.75 Å². The number of benzene rings is 1. The van der Waals surface area contributed by atoms with Gasteiger partial charge < -0.3 is 20.1 Å². The van der Waals surface area contributed by atoms with Crippen LogP contribution in [0.4, 0.5) is 0 Å². The maximum absolute atomic E-state index is 5.71. The summed E-state index contributed by atoms with van der Waals surface area (Å²) in [4.78, 5) is 10.0. The van der Waals surface area contributed by atoms with Crippen molar-refractivity contribution in [3.05, 3.63) is 45.9 Å². The zero-order valence-electron chi connectivity index (χ0n) is 16.9. The number of rotatable bonds is 11. The average molecular weight is 518 g/mol. The van der Waals surface area contributed by atoms with E-state index >= 15 is 0 Å². The van der Waals surface area contributed by atoms with Gasteiger partial charge in [-0.1, -0.05) is 19.1 Å². The number of thiazole rings is 1. The fraction of sp³-hybridized carbons (Fsp3) is 0.500. The Morgan fingerprint density at radius 1 is 1.18 bits per heavy atom. The van der Waals surface area contributed by atoms with Gasteiger partial charge in [-0.25, -0.2) is 4.98 Å². The molecule has 8 heteroatoms. The van der Waals surface area contributed by atoms with Crippen LogP contribution in [-0.4, -0.2) is 44.8 Å². The van der Waals surface area contributed by atoms with E-state index < -0.39 is 0 Å². The number of hydrogen-bond acceptors (Lipinski definition) is 5. The number of guanidine groups is 1. The van der Waals surface area contributed by atoms with Gasteiger partial charge in [0.05, 0.1) is 18.7 Å². The van der Waals surface area contributed by atoms with E-state index in [1.54, 1.807) is 25.5 Å². The Kier molecular flexibility index (Phi) is 12.8. The van der Waals surface area contributed by atoms with Gasteiger partial charge in [0.25, 0.3) is 0 Å². The molecule has 0 radical (unpaired) electrons. The van der Waals surface area contributed by atoms with Crippen LogP contribution >= 0.6 is 35.3 Å². The van der Waals surface area contributed by atoms with Crippen molar-refractivity contribution in [3.63, 3.8) is 0 Å². The largest absolute Gasteiger partial charge is 0.497 e. The second kappa shape index (κ2) is 14.6. The fourth-order valence-corrected chi connectivity index (χ4v) is 3.29. The van der Waals surface area contributed by atoms with Crippen LogP contribution in [0.1, 0.15) is 28.8 Å². The van der Waals surface area contributed by atoms with Gasteiger partial charge in [-0.3, -0.25) is 4.99 Å². The molecule has 0 bridgehead atoms. The molecule has 0 fully saturated rings. The highest BCUT2D eigenvalue weighted by atomic mass is 127. The summed E-state index contributed by atoms with van der Waals surface area (Å²) >= 11 is 1.78. The molecule has 156 valence electrons. The topological polar surface area (TPSA) is 67.8 Å². The van der Waals surface area contributed by atoms with E-state index in [9.17, 15) is 0 Å². The Bertz CT molecular complexity index is 692. The van der Waals surface area contributed by atoms with Crippen molar-refractivity contribution in [2.75, 3.05) is 33.9 Å². The number of nitrogens with zero attached hydrogens (tertiary/aromatic N) is 2. The van der Waals surface area contributed by atoms with Gasteiger partial charge in [0.15, 0.2) is 5.96 Å². The fourth-order valence-electron chi connectivity index (χ4n) is 2.43. The molecule has 1 aromatic heterocycles. The van der Waals surface area contributed by atoms with Crippen LogP contribution in [0.25, 0.3) is 0 Å². The summed E-state index contributed by atoms with van der Waals surface area (Å²) in [6.07, 6.45) is 4.85. The summed E-state index contributed by atoms with van der Waals surface area (Å²) in [5.41, 5.74) is 1.15. The Balaban J connectivity index is 0.00000392. The minimum absolute atomic E-state index is 0. The van der Waals surface area contributed by atoms with Crippen molar-refractivity contribution in [1.82, 2.24) is 15.6 Å². The first-order valence-corrected chi connectivity index (χ1v) is 10.2. The third-order valence-corrected chi connectivity index (χ3v) is 5.19. The highest BCUT2D eigenvalue weighted by Gasteiger charge is 2.02. The third kappa shape index (κ3) is 9.20. The Hall–Kier alpha value is -1.39. The van der Waals surface area contributed by atoms with Crippen molar-refractivity contribution < 1.29 is 9.47 Å². The first-order chi connectivity index (χ1) is 13.2. The lowest BCUT2D eigenvalue weighted by Crippen LogP contribution is -2.39. The molecular formula is C20H31IN4O2S. The number of hydrogen-bond donors (Lipinski definition) is 2. The molecule has 2 rings (SSSR count). The molecule has 0 saturated heterocycles. The summed E-state index contributed by atoms with van der Waals surface area (Å²) in [7, 11) is 3.45. The molecule has 28 heavy (non-hydrogen) atoms. The smallest absolute Gasteiger partial charge is 0.190 e. The van der Waals surface area contributed by atoms with Crippen LogP contribution in [0.3, 0.4) is 0 Å². The maximum Gasteiger partial charge on any atom is 0.190 e. The number of methoxy groups -OCH3 is 1. The monoisotopic (exact) mass is 518 g/mol. The first-order valence-electron chi connectivity index (χ1n) is 9.34. The summed E-state index contributed by atoms with van der Waals surface area (Å²) in [6, 6.07) is 7.94. The third-order valence-electron chi connectivity index (χ3n) is 3.99. The Morgan fingerprint density at radius 2 is 1.93 bits per heavy atom. The molecule has 0 aliphatic heterocycles. The van der Waals surface area contributed by atoms with Crippen LogP contribution in [0.15, 0.2) is 35.5 Å². The minimum atomic E-state index is 0. The van der Waals surface area contributed by atoms with Crippen LogP contribution in [0.2, 0.25) is 0 Å². The minimum Gasteiger partial charge on any atom is -0.497 e. The first kappa shape index (κ1) is 24.6. The average Bonchev–Trinajstić information content (AvgIpc) is 3.17. The summed E-state index contributed by atoms with van der Waals surface area (Å²) in [5.74, 6) is 1.68. The molecule has 6 nitrogen and oxygen atoms in total. The molecule has 0 amide bonds. The molecule has 0 saturated carbocycles. The van der Waals surface area contributed by atoms with Gasteiger partial charge in [0.2, 0.25) is 0 Å². The predicted molar refractivity (Wildman–Crippen MR) is 127 cm³/mol. The van der Waals surface area contributed by atoms with E-state index in [-0.39, 0.29) is 24.0 Å². The van der Waals surface area contributed by atoms with Crippen LogP contribution in [0, 0.1) is 0 Å². The van der Waals surface area contributed by atoms with Crippen molar-refractivity contribution in [3.8, 4) is 5.75 Å². The summed E-state index contributed by atoms with van der Waals surface area (Å²) in [6.45, 7) is 5.12. The van der Waals surface area contributed by atoms with Gasteiger partial charge >= 0.3 is 0 Å².